The lowest BCUT2D eigenvalue weighted by Gasteiger charge is -2.24. The minimum absolute atomic E-state index is 2.45. The minimum atomic E-state index is -4.00. The first-order valence-electron chi connectivity index (χ1n) is 2.24. The zero-order valence-electron chi connectivity index (χ0n) is 4.97. The van der Waals surface area contributed by atoms with Gasteiger partial charge >= 0.3 is 17.9 Å². The lowest BCUT2D eigenvalue weighted by Crippen LogP contribution is -2.63. The van der Waals surface area contributed by atoms with Crippen molar-refractivity contribution in [2.45, 2.75) is 5.60 Å². The summed E-state index contributed by atoms with van der Waals surface area (Å²) in [6.45, 7) is 0. The molecule has 0 atom stereocenters. The molecule has 0 aliphatic rings. The van der Waals surface area contributed by atoms with Crippen molar-refractivity contribution in [2.24, 2.45) is 0 Å². The fourth-order valence-electron chi connectivity index (χ4n) is 0.274. The molecule has 3 N–H and O–H groups in total. The number of carboxylic acid groups (broad SMARTS) is 3. The van der Waals surface area contributed by atoms with Gasteiger partial charge < -0.3 is 20.4 Å². The molecule has 7 heteroatoms. The van der Waals surface area contributed by atoms with Crippen LogP contribution in [0, 0.1) is 0 Å². The van der Waals surface area contributed by atoms with Crippen molar-refractivity contribution in [1.82, 2.24) is 0 Å². The largest absolute Gasteiger partial charge is 0.824 e. The van der Waals surface area contributed by atoms with E-state index in [4.69, 9.17) is 15.3 Å². The standard InChI is InChI=1S/C4H3O7/c5-1(6)4(11,2(7)8)3(9)10/h(H,5,6)(H,7,8)(H,9,10)/q-1. The molecular weight excluding hydrogens is 160 g/mol. The van der Waals surface area contributed by atoms with Crippen molar-refractivity contribution in [3.05, 3.63) is 0 Å². The molecule has 62 valence electrons. The summed E-state index contributed by atoms with van der Waals surface area (Å²) in [6, 6.07) is 0. The molecule has 0 heterocycles. The van der Waals surface area contributed by atoms with Gasteiger partial charge in [-0.05, 0) is 0 Å². The van der Waals surface area contributed by atoms with Gasteiger partial charge in [-0.2, -0.15) is 0 Å². The average Bonchev–Trinajstić information content (AvgIpc) is 1.84. The number of rotatable bonds is 3. The molecule has 0 spiro atoms. The Bertz CT molecular complexity index is 180. The summed E-state index contributed by atoms with van der Waals surface area (Å²) in [7, 11) is 0. The first-order chi connectivity index (χ1) is 4.83. The quantitative estimate of drug-likeness (QED) is 0.386. The first kappa shape index (κ1) is 9.37. The van der Waals surface area contributed by atoms with Crippen molar-refractivity contribution in [1.29, 1.82) is 0 Å². The molecule has 0 amide bonds. The lowest BCUT2D eigenvalue weighted by molar-refractivity contribution is -0.434. The van der Waals surface area contributed by atoms with Crippen molar-refractivity contribution < 1.29 is 34.8 Å². The van der Waals surface area contributed by atoms with E-state index >= 15 is 0 Å². The second kappa shape index (κ2) is 2.54. The van der Waals surface area contributed by atoms with E-state index in [1.807, 2.05) is 0 Å². The fourth-order valence-corrected chi connectivity index (χ4v) is 0.274. The van der Waals surface area contributed by atoms with Crippen molar-refractivity contribution in [3.63, 3.8) is 0 Å². The highest BCUT2D eigenvalue weighted by atomic mass is 16.5. The van der Waals surface area contributed by atoms with E-state index in [-0.39, 0.29) is 0 Å². The molecule has 0 aliphatic heterocycles. The van der Waals surface area contributed by atoms with Crippen LogP contribution in [0.5, 0.6) is 0 Å². The fraction of sp³-hybridized carbons (Fsp3) is 0.250. The van der Waals surface area contributed by atoms with Crippen LogP contribution in [0.15, 0.2) is 0 Å². The Labute approximate surface area is 59.5 Å². The Morgan fingerprint density at radius 1 is 0.909 bits per heavy atom. The third-order valence-electron chi connectivity index (χ3n) is 0.904. The summed E-state index contributed by atoms with van der Waals surface area (Å²) < 4.78 is 0. The van der Waals surface area contributed by atoms with Gasteiger partial charge in [0.2, 0.25) is 0 Å². The number of aliphatic carboxylic acids is 3. The van der Waals surface area contributed by atoms with Gasteiger partial charge in [-0.15, -0.1) is 0 Å². The smallest absolute Gasteiger partial charge is 0.315 e. The average molecular weight is 163 g/mol. The maximum Gasteiger partial charge on any atom is 0.315 e. The Morgan fingerprint density at radius 2 is 1.09 bits per heavy atom. The van der Waals surface area contributed by atoms with Crippen molar-refractivity contribution >= 4 is 17.9 Å². The third kappa shape index (κ3) is 1.27. The second-order valence-electron chi connectivity index (χ2n) is 1.60. The van der Waals surface area contributed by atoms with Gasteiger partial charge in [-0.3, -0.25) is 14.4 Å². The highest BCUT2D eigenvalue weighted by molar-refractivity contribution is 6.19. The van der Waals surface area contributed by atoms with Crippen molar-refractivity contribution in [3.8, 4) is 0 Å². The Hall–Kier alpha value is -1.63. The number of carbonyl (C=O) groups is 3. The van der Waals surface area contributed by atoms with Gasteiger partial charge in [0, 0.05) is 0 Å². The molecule has 0 rings (SSSR count). The molecule has 0 saturated heterocycles. The summed E-state index contributed by atoms with van der Waals surface area (Å²) in [4.78, 5) is 29.5. The lowest BCUT2D eigenvalue weighted by atomic mass is 10.1. The number of hydrogen-bond donors (Lipinski definition) is 3. The van der Waals surface area contributed by atoms with Gasteiger partial charge in [0.05, 0.1) is 0 Å². The van der Waals surface area contributed by atoms with E-state index in [0.29, 0.717) is 0 Å². The minimum Gasteiger partial charge on any atom is -0.824 e. The van der Waals surface area contributed by atoms with Gasteiger partial charge in [-0.1, -0.05) is 0 Å². The van der Waals surface area contributed by atoms with Crippen LogP contribution < -0.4 is 5.11 Å². The molecule has 0 saturated carbocycles. The second-order valence-corrected chi connectivity index (χ2v) is 1.60. The summed E-state index contributed by atoms with van der Waals surface area (Å²) in [5.41, 5.74) is -4.00. The molecule has 11 heavy (non-hydrogen) atoms. The van der Waals surface area contributed by atoms with Crippen LogP contribution in [-0.2, 0) is 14.4 Å². The molecule has 0 aromatic heterocycles. The van der Waals surface area contributed by atoms with E-state index in [2.05, 4.69) is 0 Å². The molecule has 0 radical (unpaired) electrons. The summed E-state index contributed by atoms with van der Waals surface area (Å²) in [5, 5.41) is 34.1. The molecule has 0 fully saturated rings. The summed E-state index contributed by atoms with van der Waals surface area (Å²) in [6.07, 6.45) is 0. The zero-order chi connectivity index (χ0) is 9.23. The van der Waals surface area contributed by atoms with E-state index in [0.717, 1.165) is 0 Å². The number of carboxylic acids is 3. The van der Waals surface area contributed by atoms with Gasteiger partial charge in [0.25, 0.3) is 0 Å². The van der Waals surface area contributed by atoms with Crippen LogP contribution in [0.25, 0.3) is 0 Å². The highest BCUT2D eigenvalue weighted by Crippen LogP contribution is 1.99. The Morgan fingerprint density at radius 3 is 1.09 bits per heavy atom. The first-order valence-corrected chi connectivity index (χ1v) is 2.24. The van der Waals surface area contributed by atoms with Crippen LogP contribution in [0.1, 0.15) is 0 Å². The van der Waals surface area contributed by atoms with E-state index in [9.17, 15) is 19.5 Å². The van der Waals surface area contributed by atoms with E-state index < -0.39 is 23.5 Å². The normalized spacial score (nSPS) is 10.6. The Balaban J connectivity index is 4.99. The monoisotopic (exact) mass is 163 g/mol. The molecule has 0 aromatic rings. The third-order valence-corrected chi connectivity index (χ3v) is 0.904. The number of hydrogen-bond acceptors (Lipinski definition) is 4. The van der Waals surface area contributed by atoms with Crippen molar-refractivity contribution in [2.75, 3.05) is 0 Å². The molecule has 0 unspecified atom stereocenters. The predicted octanol–water partition coefficient (Wildman–Crippen LogP) is -2.66. The molecular formula is C4H3O7-. The van der Waals surface area contributed by atoms with Crippen LogP contribution in [0.2, 0.25) is 0 Å². The Kier molecular flexibility index (Phi) is 2.17. The summed E-state index contributed by atoms with van der Waals surface area (Å²) >= 11 is 0. The molecule has 0 bridgehead atoms. The van der Waals surface area contributed by atoms with Gasteiger partial charge in [0.15, 0.2) is 5.60 Å². The van der Waals surface area contributed by atoms with Crippen LogP contribution in [-0.4, -0.2) is 38.8 Å². The topological polar surface area (TPSA) is 135 Å². The zero-order valence-corrected chi connectivity index (χ0v) is 4.97. The summed E-state index contributed by atoms with van der Waals surface area (Å²) in [5.74, 6) is -7.34. The van der Waals surface area contributed by atoms with Crippen LogP contribution in [0.4, 0.5) is 0 Å². The van der Waals surface area contributed by atoms with E-state index in [1.165, 1.54) is 0 Å². The molecule has 7 nitrogen and oxygen atoms in total. The molecule has 0 aromatic carbocycles. The van der Waals surface area contributed by atoms with Crippen LogP contribution in [0.3, 0.4) is 0 Å². The maximum atomic E-state index is 10.4. The maximum absolute atomic E-state index is 10.4. The van der Waals surface area contributed by atoms with Crippen LogP contribution >= 0.6 is 0 Å². The highest BCUT2D eigenvalue weighted by Gasteiger charge is 2.42. The molecule has 0 aliphatic carbocycles. The SMILES string of the molecule is O=C(O)C([O-])(C(=O)O)C(=O)O. The predicted molar refractivity (Wildman–Crippen MR) is 25.6 cm³/mol. The van der Waals surface area contributed by atoms with E-state index in [1.54, 1.807) is 0 Å². The van der Waals surface area contributed by atoms with Gasteiger partial charge in [-0.25, -0.2) is 0 Å². The van der Waals surface area contributed by atoms with Gasteiger partial charge in [0.1, 0.15) is 0 Å².